The van der Waals surface area contributed by atoms with Gasteiger partial charge in [-0.2, -0.15) is 0 Å². The van der Waals surface area contributed by atoms with Gasteiger partial charge in [0.1, 0.15) is 36.9 Å². The number of para-hydroxylation sites is 2. The molecule has 2 N–H and O–H groups in total. The van der Waals surface area contributed by atoms with Crippen LogP contribution in [0.1, 0.15) is 0 Å². The Hall–Kier alpha value is -2.56. The average Bonchev–Trinajstić information content (AvgIpc) is 2.63. The minimum Gasteiger partial charge on any atom is -0.491 e. The minimum absolute atomic E-state index is 0.175. The molecule has 0 radical (unpaired) electrons. The van der Waals surface area contributed by atoms with Crippen LogP contribution in [-0.4, -0.2) is 35.6 Å². The number of rotatable bonds is 9. The smallest absolute Gasteiger partial charge is 0.119 e. The zero-order chi connectivity index (χ0) is 17.0. The van der Waals surface area contributed by atoms with Crippen molar-refractivity contribution in [3.8, 4) is 11.5 Å². The molecule has 0 aliphatic carbocycles. The molecule has 0 saturated carbocycles. The predicted octanol–water partition coefficient (Wildman–Crippen LogP) is 2.98. The molecule has 0 amide bonds. The van der Waals surface area contributed by atoms with Gasteiger partial charge in [-0.1, -0.05) is 60.7 Å². The van der Waals surface area contributed by atoms with Crippen LogP contribution in [-0.2, 0) is 0 Å². The van der Waals surface area contributed by atoms with Crippen LogP contribution in [0.15, 0.2) is 85.0 Å². The summed E-state index contributed by atoms with van der Waals surface area (Å²) in [6.45, 7) is 0.349. The second kappa shape index (κ2) is 10.3. The van der Waals surface area contributed by atoms with Crippen molar-refractivity contribution in [2.24, 2.45) is 0 Å². The van der Waals surface area contributed by atoms with E-state index < -0.39 is 12.2 Å². The highest BCUT2D eigenvalue weighted by Crippen LogP contribution is 2.09. The van der Waals surface area contributed by atoms with E-state index in [2.05, 4.69) is 0 Å². The van der Waals surface area contributed by atoms with Gasteiger partial charge < -0.3 is 19.7 Å². The van der Waals surface area contributed by atoms with Crippen LogP contribution < -0.4 is 9.47 Å². The maximum absolute atomic E-state index is 9.79. The molecule has 0 fully saturated rings. The summed E-state index contributed by atoms with van der Waals surface area (Å²) in [6.07, 6.45) is 5.12. The summed E-state index contributed by atoms with van der Waals surface area (Å²) >= 11 is 0. The first-order valence-corrected chi connectivity index (χ1v) is 7.81. The van der Waals surface area contributed by atoms with E-state index in [9.17, 15) is 10.2 Å². The van der Waals surface area contributed by atoms with Crippen molar-refractivity contribution in [3.05, 3.63) is 85.0 Å². The van der Waals surface area contributed by atoms with Crippen molar-refractivity contribution in [1.82, 2.24) is 0 Å². The van der Waals surface area contributed by atoms with Gasteiger partial charge in [-0.25, -0.2) is 0 Å². The molecule has 2 aromatic carbocycles. The van der Waals surface area contributed by atoms with E-state index in [4.69, 9.17) is 9.47 Å². The van der Waals surface area contributed by atoms with Crippen molar-refractivity contribution in [2.45, 2.75) is 12.2 Å². The van der Waals surface area contributed by atoms with E-state index in [1.54, 1.807) is 24.3 Å². The van der Waals surface area contributed by atoms with E-state index in [0.717, 1.165) is 0 Å². The quantitative estimate of drug-likeness (QED) is 0.696. The van der Waals surface area contributed by atoms with E-state index in [1.165, 1.54) is 0 Å². The summed E-state index contributed by atoms with van der Waals surface area (Å²) in [7, 11) is 0. The maximum atomic E-state index is 9.79. The van der Waals surface area contributed by atoms with Gasteiger partial charge in [-0.05, 0) is 24.3 Å². The Bertz CT molecular complexity index is 565. The molecular formula is C20H22O4. The summed E-state index contributed by atoms with van der Waals surface area (Å²) in [5, 5.41) is 19.6. The van der Waals surface area contributed by atoms with Gasteiger partial charge in [-0.3, -0.25) is 0 Å². The lowest BCUT2D eigenvalue weighted by Gasteiger charge is -2.09. The van der Waals surface area contributed by atoms with Crippen LogP contribution >= 0.6 is 0 Å². The van der Waals surface area contributed by atoms with Gasteiger partial charge in [0.15, 0.2) is 0 Å². The summed E-state index contributed by atoms with van der Waals surface area (Å²) in [6, 6.07) is 18.6. The SMILES string of the molecule is OC(/C=C\C=C/C(O)COc1ccccc1)COc1ccccc1. The lowest BCUT2D eigenvalue weighted by Crippen LogP contribution is -2.15. The van der Waals surface area contributed by atoms with Crippen LogP contribution in [0.25, 0.3) is 0 Å². The summed E-state index contributed by atoms with van der Waals surface area (Å²) in [4.78, 5) is 0. The number of ether oxygens (including phenoxy) is 2. The first-order valence-electron chi connectivity index (χ1n) is 7.81. The van der Waals surface area contributed by atoms with Crippen LogP contribution in [0.5, 0.6) is 11.5 Å². The van der Waals surface area contributed by atoms with Crippen LogP contribution in [0.2, 0.25) is 0 Å². The molecular weight excluding hydrogens is 304 g/mol. The van der Waals surface area contributed by atoms with Gasteiger partial charge in [0.05, 0.1) is 0 Å². The second-order valence-electron chi connectivity index (χ2n) is 5.15. The van der Waals surface area contributed by atoms with E-state index in [0.29, 0.717) is 11.5 Å². The third kappa shape index (κ3) is 7.13. The maximum Gasteiger partial charge on any atom is 0.119 e. The van der Waals surface area contributed by atoms with Gasteiger partial charge >= 0.3 is 0 Å². The largest absolute Gasteiger partial charge is 0.491 e. The average molecular weight is 326 g/mol. The molecule has 4 nitrogen and oxygen atoms in total. The highest BCUT2D eigenvalue weighted by Gasteiger charge is 2.01. The standard InChI is InChI=1S/C20H22O4/c21-17(15-23-19-11-3-1-4-12-19)9-7-8-10-18(22)16-24-20-13-5-2-6-14-20/h1-14,17-18,21-22H,15-16H2/b9-7-,10-8-. The number of aliphatic hydroxyl groups is 2. The first-order chi connectivity index (χ1) is 11.7. The normalized spacial score (nSPS) is 13.9. The molecule has 4 heteroatoms. The van der Waals surface area contributed by atoms with Gasteiger partial charge in [0, 0.05) is 0 Å². The monoisotopic (exact) mass is 326 g/mol. The molecule has 2 aromatic rings. The number of hydrogen-bond donors (Lipinski definition) is 2. The second-order valence-corrected chi connectivity index (χ2v) is 5.15. The molecule has 2 atom stereocenters. The number of benzene rings is 2. The summed E-state index contributed by atoms with van der Waals surface area (Å²) in [5.74, 6) is 1.43. The number of hydrogen-bond acceptors (Lipinski definition) is 4. The molecule has 0 heterocycles. The molecule has 0 aliphatic rings. The van der Waals surface area contributed by atoms with Crippen molar-refractivity contribution in [2.75, 3.05) is 13.2 Å². The molecule has 0 aliphatic heterocycles. The van der Waals surface area contributed by atoms with Crippen LogP contribution in [0, 0.1) is 0 Å². The highest BCUT2D eigenvalue weighted by atomic mass is 16.5. The topological polar surface area (TPSA) is 58.9 Å². The van der Waals surface area contributed by atoms with Gasteiger partial charge in [0.25, 0.3) is 0 Å². The third-order valence-electron chi connectivity index (χ3n) is 3.11. The van der Waals surface area contributed by atoms with Gasteiger partial charge in [0.2, 0.25) is 0 Å². The summed E-state index contributed by atoms with van der Waals surface area (Å²) in [5.41, 5.74) is 0. The fraction of sp³-hybridized carbons (Fsp3) is 0.200. The van der Waals surface area contributed by atoms with Crippen molar-refractivity contribution in [3.63, 3.8) is 0 Å². The minimum atomic E-state index is -0.715. The van der Waals surface area contributed by atoms with Crippen molar-refractivity contribution in [1.29, 1.82) is 0 Å². The fourth-order valence-electron chi connectivity index (χ4n) is 1.89. The number of allylic oxidation sites excluding steroid dienone is 2. The first kappa shape index (κ1) is 17.8. The number of aliphatic hydroxyl groups excluding tert-OH is 2. The molecule has 0 saturated heterocycles. The fourth-order valence-corrected chi connectivity index (χ4v) is 1.89. The Morgan fingerprint density at radius 3 is 1.42 bits per heavy atom. The van der Waals surface area contributed by atoms with Gasteiger partial charge in [-0.15, -0.1) is 0 Å². The van der Waals surface area contributed by atoms with E-state index >= 15 is 0 Å². The molecule has 126 valence electrons. The Labute approximate surface area is 142 Å². The van der Waals surface area contributed by atoms with E-state index in [1.807, 2.05) is 60.7 Å². The van der Waals surface area contributed by atoms with Crippen LogP contribution in [0.3, 0.4) is 0 Å². The lowest BCUT2D eigenvalue weighted by atomic mass is 10.3. The zero-order valence-corrected chi connectivity index (χ0v) is 13.4. The third-order valence-corrected chi connectivity index (χ3v) is 3.11. The molecule has 0 aromatic heterocycles. The molecule has 0 spiro atoms. The Kier molecular flexibility index (Phi) is 7.60. The Morgan fingerprint density at radius 1 is 0.667 bits per heavy atom. The Balaban J connectivity index is 1.65. The lowest BCUT2D eigenvalue weighted by molar-refractivity contribution is 0.143. The van der Waals surface area contributed by atoms with Crippen LogP contribution in [0.4, 0.5) is 0 Å². The zero-order valence-electron chi connectivity index (χ0n) is 13.4. The highest BCUT2D eigenvalue weighted by molar-refractivity contribution is 5.22. The molecule has 0 bridgehead atoms. The molecule has 2 unspecified atom stereocenters. The molecule has 2 rings (SSSR count). The van der Waals surface area contributed by atoms with Crippen molar-refractivity contribution >= 4 is 0 Å². The van der Waals surface area contributed by atoms with E-state index in [-0.39, 0.29) is 13.2 Å². The Morgan fingerprint density at radius 2 is 1.04 bits per heavy atom. The predicted molar refractivity (Wildman–Crippen MR) is 94.2 cm³/mol. The van der Waals surface area contributed by atoms with Crippen molar-refractivity contribution < 1.29 is 19.7 Å². The molecule has 24 heavy (non-hydrogen) atoms. The summed E-state index contributed by atoms with van der Waals surface area (Å²) < 4.78 is 10.9.